The van der Waals surface area contributed by atoms with Crippen molar-refractivity contribution >= 4 is 12.0 Å². The van der Waals surface area contributed by atoms with E-state index in [2.05, 4.69) is 10.3 Å². The topological polar surface area (TPSA) is 62.2 Å². The molecule has 0 spiro atoms. The van der Waals surface area contributed by atoms with Gasteiger partial charge in [0.15, 0.2) is 0 Å². The molecule has 2 N–H and O–H groups in total. The number of carbonyl (C=O) groups excluding carboxylic acids is 1. The molecule has 0 fully saturated rings. The molecule has 1 aromatic carbocycles. The first-order valence-corrected chi connectivity index (χ1v) is 6.82. The number of halogens is 1. The number of nitrogens with zero attached hydrogens (tertiary/aromatic N) is 1. The number of aliphatic hydroxyl groups is 1. The maximum Gasteiger partial charge on any atom is 0.244 e. The van der Waals surface area contributed by atoms with E-state index in [9.17, 15) is 14.3 Å². The Balaban J connectivity index is 1.93. The van der Waals surface area contributed by atoms with Crippen LogP contribution in [0.5, 0.6) is 0 Å². The molecule has 0 radical (unpaired) electrons. The van der Waals surface area contributed by atoms with Crippen LogP contribution in [0.1, 0.15) is 18.1 Å². The summed E-state index contributed by atoms with van der Waals surface area (Å²) in [5, 5.41) is 13.0. The van der Waals surface area contributed by atoms with Gasteiger partial charge in [-0.2, -0.15) is 0 Å². The minimum atomic E-state index is -1.16. The van der Waals surface area contributed by atoms with E-state index in [4.69, 9.17) is 0 Å². The molecule has 1 heterocycles. The third-order valence-electron chi connectivity index (χ3n) is 3.16. The van der Waals surface area contributed by atoms with Gasteiger partial charge < -0.3 is 10.4 Å². The molecule has 1 aromatic heterocycles. The predicted octanol–water partition coefficient (Wildman–Crippen LogP) is 2.26. The normalized spacial score (nSPS) is 13.8. The first-order valence-electron chi connectivity index (χ1n) is 6.82. The lowest BCUT2D eigenvalue weighted by Crippen LogP contribution is -2.37. The van der Waals surface area contributed by atoms with Crippen molar-refractivity contribution in [2.75, 3.05) is 6.54 Å². The summed E-state index contributed by atoms with van der Waals surface area (Å²) < 4.78 is 13.0. The molecule has 1 unspecified atom stereocenters. The summed E-state index contributed by atoms with van der Waals surface area (Å²) in [5.41, 5.74) is 0.0455. The van der Waals surface area contributed by atoms with Crippen molar-refractivity contribution in [3.8, 4) is 0 Å². The molecule has 4 nitrogen and oxygen atoms in total. The summed E-state index contributed by atoms with van der Waals surface area (Å²) in [6.07, 6.45) is 5.28. The molecular weight excluding hydrogens is 283 g/mol. The highest BCUT2D eigenvalue weighted by Gasteiger charge is 2.22. The molecule has 1 amide bonds. The number of benzene rings is 1. The number of carbonyl (C=O) groups is 1. The average Bonchev–Trinajstić information content (AvgIpc) is 2.52. The molecule has 0 aliphatic carbocycles. The molecule has 0 aliphatic heterocycles. The largest absolute Gasteiger partial charge is 0.384 e. The van der Waals surface area contributed by atoms with Crippen molar-refractivity contribution in [2.45, 2.75) is 12.5 Å². The third kappa shape index (κ3) is 4.49. The molecule has 22 heavy (non-hydrogen) atoms. The van der Waals surface area contributed by atoms with Crippen LogP contribution >= 0.6 is 0 Å². The zero-order chi connectivity index (χ0) is 16.0. The van der Waals surface area contributed by atoms with Gasteiger partial charge in [0.05, 0.1) is 12.7 Å². The molecule has 0 bridgehead atoms. The maximum atomic E-state index is 13.0. The van der Waals surface area contributed by atoms with Crippen LogP contribution in [0.15, 0.2) is 54.9 Å². The first-order chi connectivity index (χ1) is 10.5. The van der Waals surface area contributed by atoms with Gasteiger partial charge in [-0.05, 0) is 30.2 Å². The van der Waals surface area contributed by atoms with E-state index in [1.807, 2.05) is 18.2 Å². The third-order valence-corrected chi connectivity index (χ3v) is 3.16. The lowest BCUT2D eigenvalue weighted by atomic mass is 9.96. The summed E-state index contributed by atoms with van der Waals surface area (Å²) in [5.74, 6) is -0.838. The van der Waals surface area contributed by atoms with Crippen LogP contribution in [0, 0.1) is 5.82 Å². The molecule has 1 atom stereocenters. The quantitative estimate of drug-likeness (QED) is 0.833. The predicted molar refractivity (Wildman–Crippen MR) is 82.3 cm³/mol. The molecule has 2 aromatic rings. The highest BCUT2D eigenvalue weighted by atomic mass is 19.1. The summed E-state index contributed by atoms with van der Waals surface area (Å²) in [4.78, 5) is 15.4. The summed E-state index contributed by atoms with van der Waals surface area (Å²) >= 11 is 0. The molecule has 2 rings (SSSR count). The molecule has 114 valence electrons. The number of aromatic nitrogens is 1. The van der Waals surface area contributed by atoms with E-state index >= 15 is 0 Å². The van der Waals surface area contributed by atoms with Crippen LogP contribution in [-0.2, 0) is 10.4 Å². The molecule has 0 aliphatic rings. The Morgan fingerprint density at radius 3 is 2.77 bits per heavy atom. The Labute approximate surface area is 128 Å². The SMILES string of the molecule is CC(O)(CNC(=O)/C=C/c1cncc(F)c1)c1ccccc1. The van der Waals surface area contributed by atoms with Gasteiger partial charge in [0.2, 0.25) is 5.91 Å². The Bertz CT molecular complexity index is 669. The van der Waals surface area contributed by atoms with E-state index < -0.39 is 11.4 Å². The number of rotatable bonds is 5. The molecular formula is C17H17FN2O2. The lowest BCUT2D eigenvalue weighted by Gasteiger charge is -2.23. The Morgan fingerprint density at radius 1 is 1.36 bits per heavy atom. The van der Waals surface area contributed by atoms with Gasteiger partial charge in [0.25, 0.3) is 0 Å². The second-order valence-corrected chi connectivity index (χ2v) is 5.13. The Hall–Kier alpha value is -2.53. The number of hydrogen-bond acceptors (Lipinski definition) is 3. The van der Waals surface area contributed by atoms with Crippen LogP contribution in [0.2, 0.25) is 0 Å². The summed E-state index contributed by atoms with van der Waals surface area (Å²) in [6.45, 7) is 1.70. The first kappa shape index (κ1) is 15.9. The zero-order valence-electron chi connectivity index (χ0n) is 12.2. The van der Waals surface area contributed by atoms with E-state index in [-0.39, 0.29) is 12.5 Å². The molecule has 5 heteroatoms. The zero-order valence-corrected chi connectivity index (χ0v) is 12.2. The van der Waals surface area contributed by atoms with Crippen LogP contribution < -0.4 is 5.32 Å². The van der Waals surface area contributed by atoms with E-state index in [0.29, 0.717) is 11.1 Å². The molecule has 0 saturated heterocycles. The summed E-state index contributed by atoms with van der Waals surface area (Å²) in [7, 11) is 0. The van der Waals surface area contributed by atoms with Crippen LogP contribution in [-0.4, -0.2) is 22.5 Å². The van der Waals surface area contributed by atoms with Gasteiger partial charge in [-0.25, -0.2) is 4.39 Å². The van der Waals surface area contributed by atoms with E-state index in [1.165, 1.54) is 24.4 Å². The van der Waals surface area contributed by atoms with Crippen molar-refractivity contribution in [1.82, 2.24) is 10.3 Å². The fourth-order valence-corrected chi connectivity index (χ4v) is 1.91. The fraction of sp³-hybridized carbons (Fsp3) is 0.176. The fourth-order valence-electron chi connectivity index (χ4n) is 1.91. The standard InChI is InChI=1S/C17H17FN2O2/c1-17(22,14-5-3-2-4-6-14)12-20-16(21)8-7-13-9-15(18)11-19-10-13/h2-11,22H,12H2,1H3,(H,20,21)/b8-7+. The van der Waals surface area contributed by atoms with Crippen LogP contribution in [0.25, 0.3) is 6.08 Å². The minimum absolute atomic E-state index is 0.0710. The highest BCUT2D eigenvalue weighted by molar-refractivity contribution is 5.91. The van der Waals surface area contributed by atoms with Gasteiger partial charge in [-0.1, -0.05) is 30.3 Å². The van der Waals surface area contributed by atoms with Crippen molar-refractivity contribution < 1.29 is 14.3 Å². The van der Waals surface area contributed by atoms with E-state index in [1.54, 1.807) is 19.1 Å². The Kier molecular flexibility index (Phi) is 5.01. The van der Waals surface area contributed by atoms with E-state index in [0.717, 1.165) is 6.20 Å². The number of pyridine rings is 1. The maximum absolute atomic E-state index is 13.0. The number of nitrogens with one attached hydrogen (secondary N) is 1. The van der Waals surface area contributed by atoms with Crippen LogP contribution in [0.4, 0.5) is 4.39 Å². The van der Waals surface area contributed by atoms with Gasteiger partial charge >= 0.3 is 0 Å². The van der Waals surface area contributed by atoms with Gasteiger partial charge in [-0.3, -0.25) is 9.78 Å². The second kappa shape index (κ2) is 6.95. The minimum Gasteiger partial charge on any atom is -0.384 e. The van der Waals surface area contributed by atoms with Gasteiger partial charge in [0.1, 0.15) is 11.4 Å². The molecule has 0 saturated carbocycles. The smallest absolute Gasteiger partial charge is 0.244 e. The summed E-state index contributed by atoms with van der Waals surface area (Å²) in [6, 6.07) is 10.4. The Morgan fingerprint density at radius 2 is 2.09 bits per heavy atom. The van der Waals surface area contributed by atoms with Gasteiger partial charge in [0, 0.05) is 12.3 Å². The number of hydrogen-bond donors (Lipinski definition) is 2. The second-order valence-electron chi connectivity index (χ2n) is 5.13. The van der Waals surface area contributed by atoms with Crippen molar-refractivity contribution in [1.29, 1.82) is 0 Å². The van der Waals surface area contributed by atoms with Crippen molar-refractivity contribution in [3.63, 3.8) is 0 Å². The van der Waals surface area contributed by atoms with Crippen molar-refractivity contribution in [3.05, 3.63) is 71.8 Å². The lowest BCUT2D eigenvalue weighted by molar-refractivity contribution is -0.117. The average molecular weight is 300 g/mol. The van der Waals surface area contributed by atoms with Crippen molar-refractivity contribution in [2.24, 2.45) is 0 Å². The monoisotopic (exact) mass is 300 g/mol. The van der Waals surface area contributed by atoms with Gasteiger partial charge in [-0.15, -0.1) is 0 Å². The van der Waals surface area contributed by atoms with Crippen LogP contribution in [0.3, 0.4) is 0 Å². The highest BCUT2D eigenvalue weighted by Crippen LogP contribution is 2.18. The number of amides is 1.